The van der Waals surface area contributed by atoms with Crippen molar-refractivity contribution in [3.8, 4) is 0 Å². The van der Waals surface area contributed by atoms with Gasteiger partial charge in [-0.15, -0.1) is 0 Å². The van der Waals surface area contributed by atoms with Crippen molar-refractivity contribution >= 4 is 33.5 Å². The number of halogens is 1. The first-order valence-electron chi connectivity index (χ1n) is 6.79. The zero-order valence-electron chi connectivity index (χ0n) is 12.0. The van der Waals surface area contributed by atoms with Crippen LogP contribution in [-0.4, -0.2) is 22.6 Å². The van der Waals surface area contributed by atoms with Crippen molar-refractivity contribution in [2.24, 2.45) is 5.10 Å². The number of hydrogen-bond donors (Lipinski definition) is 1. The predicted octanol–water partition coefficient (Wildman–Crippen LogP) is 1.51. The third-order valence-corrected chi connectivity index (χ3v) is 3.37. The van der Waals surface area contributed by atoms with E-state index in [1.165, 1.54) is 6.20 Å². The molecule has 0 aliphatic carbocycles. The highest BCUT2D eigenvalue weighted by Gasteiger charge is 2.08. The van der Waals surface area contributed by atoms with Crippen molar-refractivity contribution in [2.75, 3.05) is 0 Å². The van der Waals surface area contributed by atoms with Crippen LogP contribution in [0.25, 0.3) is 0 Å². The summed E-state index contributed by atoms with van der Waals surface area (Å²) >= 11 is 3.24. The number of benzene rings is 1. The fourth-order valence-electron chi connectivity index (χ4n) is 1.83. The van der Waals surface area contributed by atoms with Gasteiger partial charge in [0.1, 0.15) is 0 Å². The maximum absolute atomic E-state index is 12.1. The predicted molar refractivity (Wildman–Crippen MR) is 86.6 cm³/mol. The molecule has 1 aromatic heterocycles. The highest BCUT2D eigenvalue weighted by molar-refractivity contribution is 9.10. The molecule has 1 N–H and O–H groups in total. The fourth-order valence-corrected chi connectivity index (χ4v) is 2.20. The molecular weight excluding hydrogens is 362 g/mol. The van der Waals surface area contributed by atoms with Gasteiger partial charge in [0, 0.05) is 22.8 Å². The van der Waals surface area contributed by atoms with Crippen molar-refractivity contribution in [1.29, 1.82) is 0 Å². The van der Waals surface area contributed by atoms with Gasteiger partial charge in [-0.05, 0) is 40.4 Å². The monoisotopic (exact) mass is 374 g/mol. The second-order valence-corrected chi connectivity index (χ2v) is 5.54. The first-order chi connectivity index (χ1) is 11.1. The van der Waals surface area contributed by atoms with E-state index in [9.17, 15) is 14.7 Å². The largest absolute Gasteiger partial charge is 0.550 e. The van der Waals surface area contributed by atoms with Crippen molar-refractivity contribution in [3.05, 3.63) is 64.4 Å². The minimum absolute atomic E-state index is 0.156. The summed E-state index contributed by atoms with van der Waals surface area (Å²) in [5.74, 6) is -1.60. The number of rotatable bonds is 6. The smallest absolute Gasteiger partial charge is 0.272 e. The summed E-state index contributed by atoms with van der Waals surface area (Å²) in [5, 5.41) is 14.7. The number of carboxylic acid groups (broad SMARTS) is 1. The summed E-state index contributed by atoms with van der Waals surface area (Å²) in [5.41, 5.74) is 3.97. The van der Waals surface area contributed by atoms with E-state index in [0.717, 1.165) is 5.56 Å². The quantitative estimate of drug-likeness (QED) is 0.612. The number of pyridine rings is 1. The molecule has 0 saturated carbocycles. The third-order valence-electron chi connectivity index (χ3n) is 2.93. The molecule has 0 bridgehead atoms. The van der Waals surface area contributed by atoms with Crippen LogP contribution < -0.4 is 10.5 Å². The molecule has 2 rings (SSSR count). The van der Waals surface area contributed by atoms with E-state index in [1.54, 1.807) is 24.4 Å². The second-order valence-electron chi connectivity index (χ2n) is 4.63. The Morgan fingerprint density at radius 2 is 1.87 bits per heavy atom. The van der Waals surface area contributed by atoms with Gasteiger partial charge in [0.25, 0.3) is 5.91 Å². The van der Waals surface area contributed by atoms with Gasteiger partial charge in [-0.25, -0.2) is 5.43 Å². The van der Waals surface area contributed by atoms with Gasteiger partial charge >= 0.3 is 0 Å². The normalized spacial score (nSPS) is 11.1. The number of carbonyl (C=O) groups is 2. The Hall–Kier alpha value is -2.54. The van der Waals surface area contributed by atoms with E-state index in [2.05, 4.69) is 31.4 Å². The molecule has 0 unspecified atom stereocenters. The molecule has 0 atom stereocenters. The maximum Gasteiger partial charge on any atom is 0.272 e. The summed E-state index contributed by atoms with van der Waals surface area (Å²) in [6.07, 6.45) is 2.96. The van der Waals surface area contributed by atoms with Crippen molar-refractivity contribution < 1.29 is 14.7 Å². The summed E-state index contributed by atoms with van der Waals surface area (Å²) < 4.78 is 0.675. The summed E-state index contributed by atoms with van der Waals surface area (Å²) in [6.45, 7) is 0. The van der Waals surface area contributed by atoms with Crippen LogP contribution >= 0.6 is 15.9 Å². The number of carbonyl (C=O) groups excluding carboxylic acids is 2. The van der Waals surface area contributed by atoms with Crippen molar-refractivity contribution in [1.82, 2.24) is 10.4 Å². The average Bonchev–Trinajstić information content (AvgIpc) is 2.55. The minimum Gasteiger partial charge on any atom is -0.550 e. The van der Waals surface area contributed by atoms with E-state index in [0.29, 0.717) is 15.7 Å². The number of carboxylic acids is 1. The number of nitrogens with zero attached hydrogens (tertiary/aromatic N) is 2. The Balaban J connectivity index is 2.16. The van der Waals surface area contributed by atoms with Gasteiger partial charge in [0.2, 0.25) is 0 Å². The van der Waals surface area contributed by atoms with Gasteiger partial charge < -0.3 is 9.90 Å². The van der Waals surface area contributed by atoms with E-state index in [1.807, 2.05) is 18.2 Å². The molecular formula is C16H13BrN3O3-. The Kier molecular flexibility index (Phi) is 5.99. The molecule has 7 heteroatoms. The van der Waals surface area contributed by atoms with Crippen LogP contribution in [0.2, 0.25) is 0 Å². The van der Waals surface area contributed by atoms with Crippen molar-refractivity contribution in [2.45, 2.75) is 12.8 Å². The highest BCUT2D eigenvalue weighted by atomic mass is 79.9. The number of nitrogens with one attached hydrogen (secondary N) is 1. The molecule has 23 heavy (non-hydrogen) atoms. The molecule has 0 aliphatic rings. The Bertz CT molecular complexity index is 732. The fraction of sp³-hybridized carbons (Fsp3) is 0.125. The topological polar surface area (TPSA) is 94.5 Å². The standard InChI is InChI=1S/C16H14BrN3O3/c17-13-8-12(9-18-10-13)16(23)20-19-14(6-7-15(21)22)11-4-2-1-3-5-11/h1-5,8-10H,6-7H2,(H,20,23)(H,21,22)/p-1/b19-14+. The van der Waals surface area contributed by atoms with Crippen LogP contribution in [0.15, 0.2) is 58.4 Å². The van der Waals surface area contributed by atoms with Gasteiger partial charge in [-0.2, -0.15) is 5.10 Å². The van der Waals surface area contributed by atoms with E-state index >= 15 is 0 Å². The molecule has 0 fully saturated rings. The molecule has 1 amide bonds. The number of aromatic nitrogens is 1. The summed E-state index contributed by atoms with van der Waals surface area (Å²) in [7, 11) is 0. The number of aliphatic carboxylic acids is 1. The Labute approximate surface area is 141 Å². The summed E-state index contributed by atoms with van der Waals surface area (Å²) in [4.78, 5) is 26.6. The lowest BCUT2D eigenvalue weighted by molar-refractivity contribution is -0.305. The van der Waals surface area contributed by atoms with Crippen LogP contribution in [-0.2, 0) is 4.79 Å². The molecule has 1 aromatic carbocycles. The van der Waals surface area contributed by atoms with Crippen LogP contribution in [0.5, 0.6) is 0 Å². The van der Waals surface area contributed by atoms with Gasteiger partial charge in [0.15, 0.2) is 0 Å². The van der Waals surface area contributed by atoms with Crippen LogP contribution in [0.1, 0.15) is 28.8 Å². The molecule has 6 nitrogen and oxygen atoms in total. The van der Waals surface area contributed by atoms with Gasteiger partial charge in [-0.3, -0.25) is 9.78 Å². The molecule has 0 aliphatic heterocycles. The van der Waals surface area contributed by atoms with Crippen LogP contribution in [0.4, 0.5) is 0 Å². The van der Waals surface area contributed by atoms with Gasteiger partial charge in [0.05, 0.1) is 11.3 Å². The van der Waals surface area contributed by atoms with E-state index < -0.39 is 11.9 Å². The van der Waals surface area contributed by atoms with Crippen molar-refractivity contribution in [3.63, 3.8) is 0 Å². The van der Waals surface area contributed by atoms with Crippen LogP contribution in [0, 0.1) is 0 Å². The lowest BCUT2D eigenvalue weighted by Gasteiger charge is -2.08. The first-order valence-corrected chi connectivity index (χ1v) is 7.58. The number of hydrogen-bond acceptors (Lipinski definition) is 5. The molecule has 0 saturated heterocycles. The Morgan fingerprint density at radius 1 is 1.13 bits per heavy atom. The first kappa shape index (κ1) is 16.8. The second kappa shape index (κ2) is 8.19. The van der Waals surface area contributed by atoms with E-state index in [4.69, 9.17) is 0 Å². The maximum atomic E-state index is 12.1. The zero-order chi connectivity index (χ0) is 16.7. The lowest BCUT2D eigenvalue weighted by Crippen LogP contribution is -2.24. The SMILES string of the molecule is O=C([O-])CC/C(=N\NC(=O)c1cncc(Br)c1)c1ccccc1. The highest BCUT2D eigenvalue weighted by Crippen LogP contribution is 2.10. The summed E-state index contributed by atoms with van der Waals surface area (Å²) in [6, 6.07) is 10.7. The van der Waals surface area contributed by atoms with Crippen LogP contribution in [0.3, 0.4) is 0 Å². The molecule has 2 aromatic rings. The average molecular weight is 375 g/mol. The van der Waals surface area contributed by atoms with E-state index in [-0.39, 0.29) is 12.8 Å². The molecule has 118 valence electrons. The minimum atomic E-state index is -1.17. The molecule has 1 heterocycles. The number of hydrazone groups is 1. The lowest BCUT2D eigenvalue weighted by atomic mass is 10.1. The third kappa shape index (κ3) is 5.30. The molecule has 0 spiro atoms. The Morgan fingerprint density at radius 3 is 2.52 bits per heavy atom. The molecule has 0 radical (unpaired) electrons. The zero-order valence-corrected chi connectivity index (χ0v) is 13.6. The number of amides is 1. The van der Waals surface area contributed by atoms with Gasteiger partial charge in [-0.1, -0.05) is 30.3 Å².